The predicted molar refractivity (Wildman–Crippen MR) is 75.9 cm³/mol. The Hall–Kier alpha value is -2.42. The van der Waals surface area contributed by atoms with Crippen molar-refractivity contribution in [1.29, 1.82) is 0 Å². The number of aromatic nitrogens is 1. The van der Waals surface area contributed by atoms with Crippen LogP contribution in [-0.2, 0) is 6.54 Å². The largest absolute Gasteiger partial charge is 0.340 e. The van der Waals surface area contributed by atoms with Crippen molar-refractivity contribution in [3.05, 3.63) is 47.5 Å². The highest BCUT2D eigenvalue weighted by molar-refractivity contribution is 6.13. The molecule has 0 N–H and O–H groups in total. The summed E-state index contributed by atoms with van der Waals surface area (Å²) in [6.07, 6.45) is 1.60. The molecule has 0 aliphatic rings. The lowest BCUT2D eigenvalue weighted by atomic mass is 10.1. The van der Waals surface area contributed by atoms with Gasteiger partial charge in [-0.05, 0) is 25.1 Å². The van der Waals surface area contributed by atoms with Gasteiger partial charge >= 0.3 is 0 Å². The van der Waals surface area contributed by atoms with Gasteiger partial charge in [0, 0.05) is 34.0 Å². The van der Waals surface area contributed by atoms with Crippen LogP contribution in [0.25, 0.3) is 21.8 Å². The maximum Gasteiger partial charge on any atom is 0.152 e. The summed E-state index contributed by atoms with van der Waals surface area (Å²) >= 11 is 0. The average molecular weight is 251 g/mol. The van der Waals surface area contributed by atoms with E-state index in [1.165, 1.54) is 0 Å². The molecule has 94 valence electrons. The fraction of sp³-hybridized carbons (Fsp3) is 0.125. The summed E-state index contributed by atoms with van der Waals surface area (Å²) in [5.74, 6) is 0. The number of para-hydroxylation sites is 1. The Balaban J connectivity index is 2.61. The molecule has 2 aromatic carbocycles. The van der Waals surface area contributed by atoms with E-state index in [1.807, 2.05) is 37.3 Å². The first kappa shape index (κ1) is 11.7. The van der Waals surface area contributed by atoms with Gasteiger partial charge in [0.1, 0.15) is 6.29 Å². The van der Waals surface area contributed by atoms with Crippen LogP contribution in [0.15, 0.2) is 36.4 Å². The topological polar surface area (TPSA) is 39.1 Å². The third kappa shape index (κ3) is 1.58. The number of carbonyl (C=O) groups is 2. The van der Waals surface area contributed by atoms with E-state index >= 15 is 0 Å². The Morgan fingerprint density at radius 3 is 2.53 bits per heavy atom. The molecule has 1 heterocycles. The molecule has 3 rings (SSSR count). The van der Waals surface area contributed by atoms with E-state index in [0.29, 0.717) is 11.1 Å². The van der Waals surface area contributed by atoms with Crippen molar-refractivity contribution >= 4 is 34.4 Å². The van der Waals surface area contributed by atoms with Crippen molar-refractivity contribution in [3.8, 4) is 0 Å². The van der Waals surface area contributed by atoms with Gasteiger partial charge in [0.25, 0.3) is 0 Å². The van der Waals surface area contributed by atoms with Crippen LogP contribution in [0.5, 0.6) is 0 Å². The van der Waals surface area contributed by atoms with Crippen LogP contribution in [-0.4, -0.2) is 17.1 Å². The van der Waals surface area contributed by atoms with Crippen LogP contribution in [0.2, 0.25) is 0 Å². The first-order chi connectivity index (χ1) is 9.30. The molecule has 0 unspecified atom stereocenters. The third-order valence-corrected chi connectivity index (χ3v) is 3.50. The van der Waals surface area contributed by atoms with E-state index in [2.05, 4.69) is 4.57 Å². The molecule has 0 spiro atoms. The zero-order valence-electron chi connectivity index (χ0n) is 10.6. The Bertz CT molecular complexity index is 799. The monoisotopic (exact) mass is 251 g/mol. The fourth-order valence-electron chi connectivity index (χ4n) is 2.73. The van der Waals surface area contributed by atoms with Crippen molar-refractivity contribution < 1.29 is 9.59 Å². The van der Waals surface area contributed by atoms with Gasteiger partial charge in [0.15, 0.2) is 6.29 Å². The maximum atomic E-state index is 11.3. The quantitative estimate of drug-likeness (QED) is 0.669. The number of hydrogen-bond donors (Lipinski definition) is 0. The number of aryl methyl sites for hydroxylation is 1. The summed E-state index contributed by atoms with van der Waals surface area (Å²) in [6.45, 7) is 2.83. The number of rotatable bonds is 3. The molecule has 0 atom stereocenters. The van der Waals surface area contributed by atoms with Gasteiger partial charge in [-0.1, -0.05) is 18.2 Å². The van der Waals surface area contributed by atoms with E-state index in [1.54, 1.807) is 6.07 Å². The normalized spacial score (nSPS) is 11.0. The van der Waals surface area contributed by atoms with Crippen molar-refractivity contribution in [1.82, 2.24) is 4.57 Å². The standard InChI is InChI=1S/C16H13NO2/c1-2-17-15-6-4-3-5-13(15)14-8-11(9-18)7-12(10-19)16(14)17/h3-10H,2H2,1H3. The molecule has 0 amide bonds. The lowest BCUT2D eigenvalue weighted by Gasteiger charge is -2.05. The summed E-state index contributed by atoms with van der Waals surface area (Å²) in [6, 6.07) is 11.5. The minimum Gasteiger partial charge on any atom is -0.340 e. The van der Waals surface area contributed by atoms with Gasteiger partial charge in [0.2, 0.25) is 0 Å². The summed E-state index contributed by atoms with van der Waals surface area (Å²) in [7, 11) is 0. The molecule has 19 heavy (non-hydrogen) atoms. The second kappa shape index (κ2) is 4.35. The van der Waals surface area contributed by atoms with Crippen molar-refractivity contribution in [3.63, 3.8) is 0 Å². The van der Waals surface area contributed by atoms with Gasteiger partial charge < -0.3 is 4.57 Å². The second-order valence-electron chi connectivity index (χ2n) is 4.50. The lowest BCUT2D eigenvalue weighted by Crippen LogP contribution is -1.97. The highest BCUT2D eigenvalue weighted by Gasteiger charge is 2.13. The first-order valence-corrected chi connectivity index (χ1v) is 6.25. The molecule has 0 radical (unpaired) electrons. The molecule has 0 saturated carbocycles. The minimum absolute atomic E-state index is 0.536. The van der Waals surface area contributed by atoms with Crippen LogP contribution in [0.3, 0.4) is 0 Å². The van der Waals surface area contributed by atoms with E-state index in [0.717, 1.165) is 40.9 Å². The molecule has 0 bridgehead atoms. The van der Waals surface area contributed by atoms with Gasteiger partial charge in [-0.3, -0.25) is 9.59 Å². The van der Waals surface area contributed by atoms with E-state index < -0.39 is 0 Å². The Kier molecular flexibility index (Phi) is 2.67. The molecule has 0 fully saturated rings. The predicted octanol–water partition coefficient (Wildman–Crippen LogP) is 3.44. The zero-order valence-corrected chi connectivity index (χ0v) is 10.6. The van der Waals surface area contributed by atoms with Crippen molar-refractivity contribution in [2.24, 2.45) is 0 Å². The highest BCUT2D eigenvalue weighted by Crippen LogP contribution is 2.31. The number of benzene rings is 2. The molecule has 0 aliphatic carbocycles. The summed E-state index contributed by atoms with van der Waals surface area (Å²) in [4.78, 5) is 22.3. The summed E-state index contributed by atoms with van der Waals surface area (Å²) < 4.78 is 2.11. The van der Waals surface area contributed by atoms with Crippen LogP contribution < -0.4 is 0 Å². The minimum atomic E-state index is 0.536. The van der Waals surface area contributed by atoms with Crippen molar-refractivity contribution in [2.75, 3.05) is 0 Å². The Morgan fingerprint density at radius 2 is 1.84 bits per heavy atom. The molecule has 0 saturated heterocycles. The van der Waals surface area contributed by atoms with E-state index in [9.17, 15) is 9.59 Å². The third-order valence-electron chi connectivity index (χ3n) is 3.50. The van der Waals surface area contributed by atoms with Crippen LogP contribution in [0, 0.1) is 0 Å². The van der Waals surface area contributed by atoms with Crippen molar-refractivity contribution in [2.45, 2.75) is 13.5 Å². The number of aldehydes is 2. The molecular formula is C16H13NO2. The van der Waals surface area contributed by atoms with Gasteiger partial charge in [0.05, 0.1) is 5.52 Å². The van der Waals surface area contributed by atoms with Crippen LogP contribution in [0.1, 0.15) is 27.6 Å². The molecule has 0 aliphatic heterocycles. The lowest BCUT2D eigenvalue weighted by molar-refractivity contribution is 0.112. The number of hydrogen-bond acceptors (Lipinski definition) is 2. The van der Waals surface area contributed by atoms with Crippen LogP contribution >= 0.6 is 0 Å². The molecule has 1 aromatic heterocycles. The highest BCUT2D eigenvalue weighted by atomic mass is 16.1. The van der Waals surface area contributed by atoms with Gasteiger partial charge in [-0.15, -0.1) is 0 Å². The number of fused-ring (bicyclic) bond motifs is 3. The van der Waals surface area contributed by atoms with Gasteiger partial charge in [-0.2, -0.15) is 0 Å². The maximum absolute atomic E-state index is 11.3. The van der Waals surface area contributed by atoms with Crippen LogP contribution in [0.4, 0.5) is 0 Å². The zero-order chi connectivity index (χ0) is 13.4. The second-order valence-corrected chi connectivity index (χ2v) is 4.50. The summed E-state index contributed by atoms with van der Waals surface area (Å²) in [5.41, 5.74) is 3.10. The smallest absolute Gasteiger partial charge is 0.152 e. The average Bonchev–Trinajstić information content (AvgIpc) is 2.80. The molecule has 3 nitrogen and oxygen atoms in total. The molecular weight excluding hydrogens is 238 g/mol. The summed E-state index contributed by atoms with van der Waals surface area (Å²) in [5, 5.41) is 2.04. The Morgan fingerprint density at radius 1 is 1.05 bits per heavy atom. The first-order valence-electron chi connectivity index (χ1n) is 6.25. The fourth-order valence-corrected chi connectivity index (χ4v) is 2.73. The number of nitrogens with zero attached hydrogens (tertiary/aromatic N) is 1. The molecule has 3 heteroatoms. The number of carbonyl (C=O) groups excluding carboxylic acids is 2. The van der Waals surface area contributed by atoms with E-state index in [-0.39, 0.29) is 0 Å². The molecule has 3 aromatic rings. The van der Waals surface area contributed by atoms with Gasteiger partial charge in [-0.25, -0.2) is 0 Å². The Labute approximate surface area is 110 Å². The SMILES string of the molecule is CCn1c2ccccc2c2cc(C=O)cc(C=O)c21. The van der Waals surface area contributed by atoms with E-state index in [4.69, 9.17) is 0 Å².